The summed E-state index contributed by atoms with van der Waals surface area (Å²) in [4.78, 5) is 27.1. The number of carbonyl (C=O) groups excluding carboxylic acids is 2. The van der Waals surface area contributed by atoms with Crippen molar-refractivity contribution in [1.82, 2.24) is 0 Å². The van der Waals surface area contributed by atoms with E-state index >= 15 is 0 Å². The largest absolute Gasteiger partial charge is 0.326 e. The van der Waals surface area contributed by atoms with Crippen molar-refractivity contribution < 1.29 is 9.59 Å². The number of anilines is 2. The Kier molecular flexibility index (Phi) is 4.40. The standard InChI is InChI=1S/C23H22N2O2/c1-15-10-11-19(12-16(15)2)24-23(27)18-13-22(26)25(14-18)21-9-5-7-17-6-3-4-8-20(17)21/h3-12,18H,13-14H2,1-2H3,(H,24,27)/t18-/m1/s1. The highest BCUT2D eigenvalue weighted by Crippen LogP contribution is 2.32. The van der Waals surface area contributed by atoms with E-state index in [1.807, 2.05) is 74.5 Å². The number of rotatable bonds is 3. The van der Waals surface area contributed by atoms with Crippen LogP contribution in [0, 0.1) is 19.8 Å². The van der Waals surface area contributed by atoms with Gasteiger partial charge in [-0.1, -0.05) is 42.5 Å². The van der Waals surface area contributed by atoms with Gasteiger partial charge in [-0.25, -0.2) is 0 Å². The van der Waals surface area contributed by atoms with Gasteiger partial charge in [0.1, 0.15) is 0 Å². The molecule has 0 spiro atoms. The Labute approximate surface area is 158 Å². The second-order valence-corrected chi connectivity index (χ2v) is 7.19. The van der Waals surface area contributed by atoms with Crippen molar-refractivity contribution in [1.29, 1.82) is 0 Å². The van der Waals surface area contributed by atoms with Crippen molar-refractivity contribution in [2.45, 2.75) is 20.3 Å². The molecule has 0 bridgehead atoms. The van der Waals surface area contributed by atoms with Crippen molar-refractivity contribution in [3.63, 3.8) is 0 Å². The second kappa shape index (κ2) is 6.88. The van der Waals surface area contributed by atoms with Gasteiger partial charge in [-0.3, -0.25) is 9.59 Å². The minimum absolute atomic E-state index is 0.00779. The molecular weight excluding hydrogens is 336 g/mol. The molecule has 0 unspecified atom stereocenters. The number of nitrogens with one attached hydrogen (secondary N) is 1. The topological polar surface area (TPSA) is 49.4 Å². The van der Waals surface area contributed by atoms with Crippen LogP contribution in [0.1, 0.15) is 17.5 Å². The smallest absolute Gasteiger partial charge is 0.229 e. The third-order valence-electron chi connectivity index (χ3n) is 5.33. The first kappa shape index (κ1) is 17.3. The predicted molar refractivity (Wildman–Crippen MR) is 109 cm³/mol. The van der Waals surface area contributed by atoms with Gasteiger partial charge in [0.05, 0.1) is 11.6 Å². The maximum Gasteiger partial charge on any atom is 0.229 e. The summed E-state index contributed by atoms with van der Waals surface area (Å²) in [6, 6.07) is 19.8. The SMILES string of the molecule is Cc1ccc(NC(=O)[C@@H]2CC(=O)N(c3cccc4ccccc34)C2)cc1C. The van der Waals surface area contributed by atoms with Crippen LogP contribution in [0.5, 0.6) is 0 Å². The van der Waals surface area contributed by atoms with Crippen LogP contribution in [0.15, 0.2) is 60.7 Å². The summed E-state index contributed by atoms with van der Waals surface area (Å²) in [5, 5.41) is 5.08. The lowest BCUT2D eigenvalue weighted by Gasteiger charge is -2.19. The third kappa shape index (κ3) is 3.31. The minimum Gasteiger partial charge on any atom is -0.326 e. The van der Waals surface area contributed by atoms with Crippen LogP contribution in [0.2, 0.25) is 0 Å². The predicted octanol–water partition coefficient (Wildman–Crippen LogP) is 4.45. The van der Waals surface area contributed by atoms with E-state index in [1.54, 1.807) is 4.90 Å². The van der Waals surface area contributed by atoms with Crippen molar-refractivity contribution in [2.75, 3.05) is 16.8 Å². The van der Waals surface area contributed by atoms with E-state index in [-0.39, 0.29) is 24.2 Å². The Balaban J connectivity index is 1.55. The van der Waals surface area contributed by atoms with Gasteiger partial charge in [0.25, 0.3) is 0 Å². The summed E-state index contributed by atoms with van der Waals surface area (Å²) < 4.78 is 0. The number of aryl methyl sites for hydroxylation is 2. The molecule has 4 heteroatoms. The molecule has 3 aromatic rings. The Hall–Kier alpha value is -3.14. The molecule has 136 valence electrons. The molecule has 2 amide bonds. The number of amides is 2. The molecule has 0 radical (unpaired) electrons. The fourth-order valence-corrected chi connectivity index (χ4v) is 3.62. The maximum atomic E-state index is 12.7. The Morgan fingerprint density at radius 3 is 2.59 bits per heavy atom. The Morgan fingerprint density at radius 2 is 1.78 bits per heavy atom. The number of carbonyl (C=O) groups is 2. The first-order valence-corrected chi connectivity index (χ1v) is 9.19. The molecule has 1 atom stereocenters. The Morgan fingerprint density at radius 1 is 1.00 bits per heavy atom. The molecule has 3 aromatic carbocycles. The highest BCUT2D eigenvalue weighted by atomic mass is 16.2. The lowest BCUT2D eigenvalue weighted by molar-refractivity contribution is -0.122. The van der Waals surface area contributed by atoms with Crippen LogP contribution in [-0.2, 0) is 9.59 Å². The number of nitrogens with zero attached hydrogens (tertiary/aromatic N) is 1. The fraction of sp³-hybridized carbons (Fsp3) is 0.217. The van der Waals surface area contributed by atoms with Crippen LogP contribution < -0.4 is 10.2 Å². The van der Waals surface area contributed by atoms with Crippen LogP contribution in [0.4, 0.5) is 11.4 Å². The zero-order valence-electron chi connectivity index (χ0n) is 15.5. The molecule has 4 nitrogen and oxygen atoms in total. The number of hydrogen-bond donors (Lipinski definition) is 1. The quantitative estimate of drug-likeness (QED) is 0.752. The fourth-order valence-electron chi connectivity index (χ4n) is 3.62. The molecule has 1 saturated heterocycles. The van der Waals surface area contributed by atoms with Crippen LogP contribution >= 0.6 is 0 Å². The van der Waals surface area contributed by atoms with E-state index in [2.05, 4.69) is 5.32 Å². The highest BCUT2D eigenvalue weighted by molar-refractivity contribution is 6.08. The first-order chi connectivity index (χ1) is 13.0. The van der Waals surface area contributed by atoms with Crippen molar-refractivity contribution in [3.05, 3.63) is 71.8 Å². The summed E-state index contributed by atoms with van der Waals surface area (Å²) in [5.41, 5.74) is 3.97. The first-order valence-electron chi connectivity index (χ1n) is 9.19. The molecule has 4 rings (SSSR count). The molecule has 1 N–H and O–H groups in total. The van der Waals surface area contributed by atoms with E-state index in [0.717, 1.165) is 27.7 Å². The second-order valence-electron chi connectivity index (χ2n) is 7.19. The summed E-state index contributed by atoms with van der Waals surface area (Å²) in [6.45, 7) is 4.47. The van der Waals surface area contributed by atoms with E-state index < -0.39 is 0 Å². The van der Waals surface area contributed by atoms with Gasteiger partial charge < -0.3 is 10.2 Å². The third-order valence-corrected chi connectivity index (χ3v) is 5.33. The summed E-state index contributed by atoms with van der Waals surface area (Å²) in [6.07, 6.45) is 0.236. The average Bonchev–Trinajstić information content (AvgIpc) is 3.06. The van der Waals surface area contributed by atoms with Gasteiger partial charge in [-0.2, -0.15) is 0 Å². The zero-order chi connectivity index (χ0) is 19.0. The molecule has 27 heavy (non-hydrogen) atoms. The number of benzene rings is 3. The van der Waals surface area contributed by atoms with E-state index in [1.165, 1.54) is 5.56 Å². The van der Waals surface area contributed by atoms with E-state index in [9.17, 15) is 9.59 Å². The van der Waals surface area contributed by atoms with Gasteiger partial charge in [0, 0.05) is 24.0 Å². The van der Waals surface area contributed by atoms with E-state index in [4.69, 9.17) is 0 Å². The van der Waals surface area contributed by atoms with Crippen LogP contribution in [0.25, 0.3) is 10.8 Å². The van der Waals surface area contributed by atoms with Gasteiger partial charge in [0.15, 0.2) is 0 Å². The summed E-state index contributed by atoms with van der Waals surface area (Å²) in [7, 11) is 0. The molecule has 1 heterocycles. The Bertz CT molecular complexity index is 1040. The van der Waals surface area contributed by atoms with Crippen LogP contribution in [-0.4, -0.2) is 18.4 Å². The van der Waals surface area contributed by atoms with E-state index in [0.29, 0.717) is 6.54 Å². The van der Waals surface area contributed by atoms with Gasteiger partial charge in [-0.15, -0.1) is 0 Å². The van der Waals surface area contributed by atoms with Gasteiger partial charge in [0.2, 0.25) is 11.8 Å². The maximum absolute atomic E-state index is 12.7. The molecule has 1 fully saturated rings. The summed E-state index contributed by atoms with van der Waals surface area (Å²) in [5.74, 6) is -0.459. The van der Waals surface area contributed by atoms with Gasteiger partial charge in [-0.05, 0) is 48.6 Å². The summed E-state index contributed by atoms with van der Waals surface area (Å²) >= 11 is 0. The molecule has 0 saturated carbocycles. The molecule has 0 aliphatic carbocycles. The normalized spacial score (nSPS) is 16.7. The highest BCUT2D eigenvalue weighted by Gasteiger charge is 2.35. The lowest BCUT2D eigenvalue weighted by Crippen LogP contribution is -2.28. The van der Waals surface area contributed by atoms with Crippen molar-refractivity contribution >= 4 is 34.0 Å². The minimum atomic E-state index is -0.349. The van der Waals surface area contributed by atoms with Crippen molar-refractivity contribution in [3.8, 4) is 0 Å². The monoisotopic (exact) mass is 358 g/mol. The van der Waals surface area contributed by atoms with Crippen LogP contribution in [0.3, 0.4) is 0 Å². The lowest BCUT2D eigenvalue weighted by atomic mass is 10.1. The van der Waals surface area contributed by atoms with Crippen molar-refractivity contribution in [2.24, 2.45) is 5.92 Å². The molecular formula is C23H22N2O2. The zero-order valence-corrected chi connectivity index (χ0v) is 15.5. The van der Waals surface area contributed by atoms with Gasteiger partial charge >= 0.3 is 0 Å². The number of fused-ring (bicyclic) bond motifs is 1. The molecule has 1 aliphatic heterocycles. The average molecular weight is 358 g/mol. The molecule has 1 aliphatic rings. The number of hydrogen-bond acceptors (Lipinski definition) is 2. The molecule has 0 aromatic heterocycles.